The maximum Gasteiger partial charge on any atom is 0.343 e. The Bertz CT molecular complexity index is 1250. The lowest BCUT2D eigenvalue weighted by molar-refractivity contribution is -0.142. The highest BCUT2D eigenvalue weighted by Gasteiger charge is 2.52. The summed E-state index contributed by atoms with van der Waals surface area (Å²) in [5.74, 6) is 0.0458. The minimum atomic E-state index is -0.615. The molecule has 2 aliphatic rings. The molecule has 2 aliphatic heterocycles. The summed E-state index contributed by atoms with van der Waals surface area (Å²) in [6.45, 7) is 2.17. The first kappa shape index (κ1) is 24.6. The van der Waals surface area contributed by atoms with Crippen LogP contribution in [0.4, 0.5) is 0 Å². The molecule has 5 rings (SSSR count). The van der Waals surface area contributed by atoms with Gasteiger partial charge in [-0.1, -0.05) is 54.6 Å². The minimum absolute atomic E-state index is 0.0766. The molecule has 0 aromatic heterocycles. The molecule has 0 aliphatic carbocycles. The van der Waals surface area contributed by atoms with Crippen LogP contribution < -0.4 is 9.47 Å². The zero-order valence-corrected chi connectivity index (χ0v) is 21.0. The molecule has 0 radical (unpaired) electrons. The van der Waals surface area contributed by atoms with Gasteiger partial charge in [-0.25, -0.2) is 4.79 Å². The number of carbonyl (C=O) groups is 2. The number of esters is 1. The van der Waals surface area contributed by atoms with E-state index in [-0.39, 0.29) is 24.7 Å². The van der Waals surface area contributed by atoms with Gasteiger partial charge in [0.2, 0.25) is 0 Å². The SMILES string of the molecule is CCOC(=O)C1=C(C(c2ccc(OC)cc2)c2ccc(OC)cc2)[C@H]2CO[C@H](c3ccccc3)N2C1=O. The molecule has 2 heterocycles. The number of ether oxygens (including phenoxy) is 4. The summed E-state index contributed by atoms with van der Waals surface area (Å²) in [5, 5.41) is 0. The Labute approximate surface area is 216 Å². The predicted molar refractivity (Wildman–Crippen MR) is 137 cm³/mol. The monoisotopic (exact) mass is 499 g/mol. The van der Waals surface area contributed by atoms with Crippen LogP contribution >= 0.6 is 0 Å². The smallest absolute Gasteiger partial charge is 0.343 e. The highest BCUT2D eigenvalue weighted by Crippen LogP contribution is 2.48. The van der Waals surface area contributed by atoms with Crippen molar-refractivity contribution in [2.75, 3.05) is 27.4 Å². The largest absolute Gasteiger partial charge is 0.497 e. The Hall–Kier alpha value is -4.10. The van der Waals surface area contributed by atoms with Gasteiger partial charge in [-0.3, -0.25) is 9.69 Å². The van der Waals surface area contributed by atoms with Crippen molar-refractivity contribution in [3.63, 3.8) is 0 Å². The fraction of sp³-hybridized carbons (Fsp3) is 0.267. The van der Waals surface area contributed by atoms with Crippen LogP contribution in [0.5, 0.6) is 11.5 Å². The molecule has 0 saturated carbocycles. The van der Waals surface area contributed by atoms with Gasteiger partial charge in [0.1, 0.15) is 17.1 Å². The fourth-order valence-corrected chi connectivity index (χ4v) is 5.18. The number of benzene rings is 3. The van der Waals surface area contributed by atoms with Crippen molar-refractivity contribution >= 4 is 11.9 Å². The molecule has 7 heteroatoms. The van der Waals surface area contributed by atoms with Gasteiger partial charge in [0.25, 0.3) is 5.91 Å². The van der Waals surface area contributed by atoms with Crippen molar-refractivity contribution in [2.45, 2.75) is 25.1 Å². The van der Waals surface area contributed by atoms with Gasteiger partial charge in [-0.15, -0.1) is 0 Å². The molecule has 3 aromatic carbocycles. The molecule has 0 spiro atoms. The lowest BCUT2D eigenvalue weighted by Crippen LogP contribution is -2.34. The summed E-state index contributed by atoms with van der Waals surface area (Å²) >= 11 is 0. The Morgan fingerprint density at radius 3 is 2.00 bits per heavy atom. The molecule has 190 valence electrons. The second-order valence-electron chi connectivity index (χ2n) is 8.85. The maximum absolute atomic E-state index is 13.9. The van der Waals surface area contributed by atoms with E-state index in [1.54, 1.807) is 26.0 Å². The van der Waals surface area contributed by atoms with Crippen molar-refractivity contribution in [2.24, 2.45) is 0 Å². The van der Waals surface area contributed by atoms with Crippen LogP contribution in [0.2, 0.25) is 0 Å². The van der Waals surface area contributed by atoms with Gasteiger partial charge in [-0.05, 0) is 47.9 Å². The summed E-state index contributed by atoms with van der Waals surface area (Å²) in [6.07, 6.45) is -0.590. The van der Waals surface area contributed by atoms with Crippen molar-refractivity contribution in [1.29, 1.82) is 0 Å². The summed E-state index contributed by atoms with van der Waals surface area (Å²) in [7, 11) is 3.23. The number of amides is 1. The van der Waals surface area contributed by atoms with Crippen molar-refractivity contribution in [1.82, 2.24) is 4.90 Å². The van der Waals surface area contributed by atoms with Gasteiger partial charge in [0.05, 0.1) is 33.5 Å². The Morgan fingerprint density at radius 1 is 0.919 bits per heavy atom. The van der Waals surface area contributed by atoms with Crippen LogP contribution in [-0.4, -0.2) is 50.3 Å². The van der Waals surface area contributed by atoms with E-state index in [4.69, 9.17) is 18.9 Å². The normalized spacial score (nSPS) is 18.8. The summed E-state index contributed by atoms with van der Waals surface area (Å²) in [4.78, 5) is 28.9. The standard InChI is InChI=1S/C30H29NO6/c1-4-36-30(33)27-26(24-18-37-29(31(24)28(27)32)21-8-6-5-7-9-21)25(19-10-14-22(34-2)15-11-19)20-12-16-23(35-3)17-13-20/h5-17,24-25,29H,4,18H2,1-3H3/t24-,29-/m1/s1. The van der Waals surface area contributed by atoms with Gasteiger partial charge in [0.15, 0.2) is 6.23 Å². The highest BCUT2D eigenvalue weighted by molar-refractivity contribution is 6.19. The number of nitrogens with zero attached hydrogens (tertiary/aromatic N) is 1. The average Bonchev–Trinajstić information content (AvgIpc) is 3.50. The topological polar surface area (TPSA) is 74.3 Å². The van der Waals surface area contributed by atoms with Crippen LogP contribution in [-0.2, 0) is 19.1 Å². The molecule has 37 heavy (non-hydrogen) atoms. The van der Waals surface area contributed by atoms with Crippen molar-refractivity contribution in [3.05, 3.63) is 107 Å². The van der Waals surface area contributed by atoms with Crippen LogP contribution in [0.15, 0.2) is 90.0 Å². The van der Waals surface area contributed by atoms with E-state index in [1.807, 2.05) is 78.9 Å². The van der Waals surface area contributed by atoms with Gasteiger partial charge in [-0.2, -0.15) is 0 Å². The molecule has 3 aromatic rings. The Morgan fingerprint density at radius 2 is 1.49 bits per heavy atom. The van der Waals surface area contributed by atoms with E-state index >= 15 is 0 Å². The number of carbonyl (C=O) groups excluding carboxylic acids is 2. The lowest BCUT2D eigenvalue weighted by atomic mass is 9.80. The fourth-order valence-electron chi connectivity index (χ4n) is 5.18. The summed E-state index contributed by atoms with van der Waals surface area (Å²) in [6, 6.07) is 24.5. The highest BCUT2D eigenvalue weighted by atomic mass is 16.5. The second kappa shape index (κ2) is 10.5. The van der Waals surface area contributed by atoms with E-state index in [0.29, 0.717) is 17.1 Å². The first-order valence-electron chi connectivity index (χ1n) is 12.3. The Kier molecular flexibility index (Phi) is 6.97. The third-order valence-corrected chi connectivity index (χ3v) is 6.87. The molecule has 1 amide bonds. The van der Waals surface area contributed by atoms with Gasteiger partial charge < -0.3 is 18.9 Å². The maximum atomic E-state index is 13.9. The first-order valence-corrected chi connectivity index (χ1v) is 12.3. The van der Waals surface area contributed by atoms with E-state index in [9.17, 15) is 9.59 Å². The van der Waals surface area contributed by atoms with Crippen LogP contribution in [0.3, 0.4) is 0 Å². The molecular formula is C30H29NO6. The number of hydrogen-bond donors (Lipinski definition) is 0. The van der Waals surface area contributed by atoms with E-state index in [2.05, 4.69) is 0 Å². The first-order chi connectivity index (χ1) is 18.1. The lowest BCUT2D eigenvalue weighted by Gasteiger charge is -2.27. The molecule has 7 nitrogen and oxygen atoms in total. The van der Waals surface area contributed by atoms with Crippen molar-refractivity contribution < 1.29 is 28.5 Å². The molecule has 1 fully saturated rings. The molecule has 1 saturated heterocycles. The van der Waals surface area contributed by atoms with Crippen LogP contribution in [0.25, 0.3) is 0 Å². The number of hydrogen-bond acceptors (Lipinski definition) is 6. The van der Waals surface area contributed by atoms with Crippen molar-refractivity contribution in [3.8, 4) is 11.5 Å². The number of methoxy groups -OCH3 is 2. The molecule has 0 N–H and O–H groups in total. The molecule has 0 bridgehead atoms. The quantitative estimate of drug-likeness (QED) is 0.332. The Balaban J connectivity index is 1.67. The zero-order chi connectivity index (χ0) is 25.9. The summed E-state index contributed by atoms with van der Waals surface area (Å²) in [5.41, 5.74) is 3.44. The third-order valence-electron chi connectivity index (χ3n) is 6.87. The third kappa shape index (κ3) is 4.47. The predicted octanol–water partition coefficient (Wildman–Crippen LogP) is 4.64. The average molecular weight is 500 g/mol. The van der Waals surface area contributed by atoms with E-state index in [1.165, 1.54) is 0 Å². The number of rotatable bonds is 8. The van der Waals surface area contributed by atoms with Crippen LogP contribution in [0.1, 0.15) is 35.8 Å². The van der Waals surface area contributed by atoms with Gasteiger partial charge in [0, 0.05) is 11.5 Å². The minimum Gasteiger partial charge on any atom is -0.497 e. The molecule has 0 unspecified atom stereocenters. The second-order valence-corrected chi connectivity index (χ2v) is 8.85. The van der Waals surface area contributed by atoms with E-state index < -0.39 is 24.2 Å². The van der Waals surface area contributed by atoms with Crippen LogP contribution in [0, 0.1) is 0 Å². The summed E-state index contributed by atoms with van der Waals surface area (Å²) < 4.78 is 22.3. The van der Waals surface area contributed by atoms with E-state index in [0.717, 1.165) is 16.7 Å². The molecular weight excluding hydrogens is 470 g/mol. The molecule has 2 atom stereocenters. The van der Waals surface area contributed by atoms with Gasteiger partial charge >= 0.3 is 5.97 Å². The zero-order valence-electron chi connectivity index (χ0n) is 21.0. The number of fused-ring (bicyclic) bond motifs is 1.